The second kappa shape index (κ2) is 19.4. The third-order valence-corrected chi connectivity index (χ3v) is 13.5. The summed E-state index contributed by atoms with van der Waals surface area (Å²) in [5.74, 6) is 0.219. The van der Waals surface area contributed by atoms with E-state index in [4.69, 9.17) is 9.47 Å². The predicted molar refractivity (Wildman–Crippen MR) is 246 cm³/mol. The molecule has 0 bridgehead atoms. The van der Waals surface area contributed by atoms with Crippen LogP contribution in [0.25, 0.3) is 0 Å². The number of nitrogens with zero attached hydrogens (tertiary/aromatic N) is 1. The maximum absolute atomic E-state index is 13.1. The van der Waals surface area contributed by atoms with Gasteiger partial charge < -0.3 is 30.3 Å². The zero-order valence-electron chi connectivity index (χ0n) is 35.4. The molecule has 0 atom stereocenters. The first-order valence-electron chi connectivity index (χ1n) is 19.2. The Morgan fingerprint density at radius 3 is 1.08 bits per heavy atom. The van der Waals surface area contributed by atoms with Crippen LogP contribution in [0.3, 0.4) is 0 Å². The molecular formula is C44H43N7O11S3. The smallest absolute Gasteiger partial charge is 0.333 e. The van der Waals surface area contributed by atoms with E-state index in [0.717, 1.165) is 16.7 Å². The van der Waals surface area contributed by atoms with Crippen LogP contribution in [0, 0.1) is 20.8 Å². The van der Waals surface area contributed by atoms with Crippen LogP contribution >= 0.6 is 0 Å². The first-order chi connectivity index (χ1) is 30.8. The van der Waals surface area contributed by atoms with E-state index >= 15 is 0 Å². The fourth-order valence-corrected chi connectivity index (χ4v) is 8.85. The lowest BCUT2D eigenvalue weighted by Gasteiger charge is -2.28. The molecule has 0 aliphatic rings. The van der Waals surface area contributed by atoms with Gasteiger partial charge in [0.1, 0.15) is 11.5 Å². The van der Waals surface area contributed by atoms with Crippen molar-refractivity contribution in [2.24, 2.45) is 0 Å². The average Bonchev–Trinajstić information content (AvgIpc) is 3.25. The van der Waals surface area contributed by atoms with Gasteiger partial charge in [-0.2, -0.15) is 0 Å². The summed E-state index contributed by atoms with van der Waals surface area (Å²) in [4.78, 5) is 40.1. The fraction of sp³-hybridized carbons (Fsp3) is 0.114. The summed E-state index contributed by atoms with van der Waals surface area (Å²) >= 11 is 0. The van der Waals surface area contributed by atoms with Gasteiger partial charge in [-0.1, -0.05) is 53.1 Å². The molecule has 6 aromatic carbocycles. The van der Waals surface area contributed by atoms with Crippen LogP contribution in [0.1, 0.15) is 16.7 Å². The molecule has 6 rings (SSSR count). The van der Waals surface area contributed by atoms with Crippen molar-refractivity contribution < 1.29 is 49.1 Å². The summed E-state index contributed by atoms with van der Waals surface area (Å²) in [5.41, 5.74) is 4.15. The van der Waals surface area contributed by atoms with Gasteiger partial charge in [-0.25, -0.2) is 53.8 Å². The Kier molecular flexibility index (Phi) is 14.0. The number of methoxy groups -OCH3 is 2. The number of aryl methyl sites for hydroxylation is 3. The number of amides is 6. The summed E-state index contributed by atoms with van der Waals surface area (Å²) in [6, 6.07) is 30.0. The second-order valence-electron chi connectivity index (χ2n) is 14.3. The Labute approximate surface area is 376 Å². The van der Waals surface area contributed by atoms with Crippen molar-refractivity contribution in [3.63, 3.8) is 0 Å². The van der Waals surface area contributed by atoms with E-state index in [0.29, 0.717) is 17.1 Å². The molecular weight excluding hydrogens is 899 g/mol. The Morgan fingerprint density at radius 2 is 0.754 bits per heavy atom. The van der Waals surface area contributed by atoms with Gasteiger partial charge in [0, 0.05) is 34.9 Å². The number of benzene rings is 6. The highest BCUT2D eigenvalue weighted by molar-refractivity contribution is 7.90. The number of nitrogens with one attached hydrogen (secondary N) is 6. The zero-order valence-corrected chi connectivity index (χ0v) is 37.8. The maximum atomic E-state index is 13.1. The third kappa shape index (κ3) is 11.7. The van der Waals surface area contributed by atoms with Crippen LogP contribution in [-0.2, 0) is 30.1 Å². The molecule has 0 aliphatic carbocycles. The average molecular weight is 942 g/mol. The Bertz CT molecular complexity index is 2930. The lowest BCUT2D eigenvalue weighted by molar-refractivity contribution is 0.255. The van der Waals surface area contributed by atoms with E-state index in [1.165, 1.54) is 87.0 Å². The summed E-state index contributed by atoms with van der Waals surface area (Å²) in [6.07, 6.45) is 0. The monoisotopic (exact) mass is 941 g/mol. The minimum absolute atomic E-state index is 0.0296. The van der Waals surface area contributed by atoms with E-state index in [-0.39, 0.29) is 43.2 Å². The van der Waals surface area contributed by atoms with Gasteiger partial charge in [-0.15, -0.1) is 0 Å². The molecule has 0 heterocycles. The number of sulfonamides is 3. The molecule has 0 fully saturated rings. The first-order valence-corrected chi connectivity index (χ1v) is 23.7. The van der Waals surface area contributed by atoms with Gasteiger partial charge >= 0.3 is 18.1 Å². The van der Waals surface area contributed by atoms with Crippen molar-refractivity contribution in [2.75, 3.05) is 35.1 Å². The molecule has 6 N–H and O–H groups in total. The van der Waals surface area contributed by atoms with Crippen LogP contribution in [0.15, 0.2) is 148 Å². The SMILES string of the molecule is COc1cc(N(c2ccc(NC(=O)NS(=O)(=O)c3ccc(C)cc3)cc2)c2ccc(NC(=O)NS(=O)(=O)c3ccc(C)cc3)cc2)c(OC)cc1NC(=O)NS(=O)(=O)c1ccc(C)cc1. The quantitative estimate of drug-likeness (QED) is 0.0617. The fourth-order valence-electron chi connectivity index (χ4n) is 6.13. The maximum Gasteiger partial charge on any atom is 0.333 e. The molecule has 0 aliphatic heterocycles. The number of hydrogen-bond donors (Lipinski definition) is 6. The molecule has 338 valence electrons. The molecule has 65 heavy (non-hydrogen) atoms. The normalized spacial score (nSPS) is 11.4. The number of urea groups is 3. The number of hydrogen-bond acceptors (Lipinski definition) is 12. The van der Waals surface area contributed by atoms with Crippen LogP contribution in [0.4, 0.5) is 48.5 Å². The molecule has 18 nitrogen and oxygen atoms in total. The summed E-state index contributed by atoms with van der Waals surface area (Å²) < 4.78 is 94.6. The van der Waals surface area contributed by atoms with Crippen LogP contribution in [-0.4, -0.2) is 57.6 Å². The van der Waals surface area contributed by atoms with Gasteiger partial charge in [0.25, 0.3) is 30.1 Å². The van der Waals surface area contributed by atoms with Gasteiger partial charge in [-0.3, -0.25) is 0 Å². The van der Waals surface area contributed by atoms with Gasteiger partial charge in [0.15, 0.2) is 0 Å². The van der Waals surface area contributed by atoms with Gasteiger partial charge in [-0.05, 0) is 106 Å². The summed E-state index contributed by atoms with van der Waals surface area (Å²) in [7, 11) is -9.94. The number of carbonyl (C=O) groups is 3. The highest BCUT2D eigenvalue weighted by Crippen LogP contribution is 2.45. The van der Waals surface area contributed by atoms with Crippen molar-refractivity contribution in [2.45, 2.75) is 35.5 Å². The van der Waals surface area contributed by atoms with Crippen molar-refractivity contribution in [1.82, 2.24) is 14.2 Å². The van der Waals surface area contributed by atoms with E-state index < -0.39 is 48.2 Å². The van der Waals surface area contributed by atoms with Gasteiger partial charge in [0.2, 0.25) is 0 Å². The number of rotatable bonds is 14. The topological polar surface area (TPSA) is 248 Å². The second-order valence-corrected chi connectivity index (χ2v) is 19.3. The van der Waals surface area contributed by atoms with Crippen LogP contribution in [0.5, 0.6) is 11.5 Å². The lowest BCUT2D eigenvalue weighted by Crippen LogP contribution is -2.34. The minimum Gasteiger partial charge on any atom is -0.494 e. The summed E-state index contributed by atoms with van der Waals surface area (Å²) in [5, 5.41) is 7.51. The molecule has 0 unspecified atom stereocenters. The largest absolute Gasteiger partial charge is 0.494 e. The Hall–Kier alpha value is -7.62. The van der Waals surface area contributed by atoms with Crippen molar-refractivity contribution in [3.05, 3.63) is 150 Å². The zero-order chi connectivity index (χ0) is 47.1. The van der Waals surface area contributed by atoms with E-state index in [1.807, 2.05) is 14.2 Å². The highest BCUT2D eigenvalue weighted by Gasteiger charge is 2.25. The van der Waals surface area contributed by atoms with Crippen LogP contribution < -0.4 is 44.5 Å². The lowest BCUT2D eigenvalue weighted by atomic mass is 10.1. The molecule has 21 heteroatoms. The molecule has 6 aromatic rings. The minimum atomic E-state index is -4.26. The number of carbonyl (C=O) groups excluding carboxylic acids is 3. The highest BCUT2D eigenvalue weighted by atomic mass is 32.2. The van der Waals surface area contributed by atoms with Crippen molar-refractivity contribution >= 4 is 82.3 Å². The molecule has 0 spiro atoms. The Morgan fingerprint density at radius 1 is 0.431 bits per heavy atom. The Balaban J connectivity index is 1.30. The van der Waals surface area contributed by atoms with Crippen molar-refractivity contribution in [3.8, 4) is 11.5 Å². The predicted octanol–water partition coefficient (Wildman–Crippen LogP) is 7.63. The molecule has 0 aromatic heterocycles. The standard InChI is InChI=1S/C44H43N7O11S3/c1-28-6-20-35(21-7-28)63(55,56)48-42(52)45-31-12-16-33(17-13-31)51(34-18-14-32(15-19-34)46-43(53)49-64(57,58)36-22-8-29(2)9-23-36)39-27-40(61-4)38(26-41(39)62-5)47-44(54)50-65(59,60)37-24-10-30(3)11-25-37/h6-27H,1-5H3,(H2,45,48,52)(H2,46,49,53)(H2,47,50,54). The van der Waals surface area contributed by atoms with E-state index in [2.05, 4.69) is 16.0 Å². The third-order valence-electron chi connectivity index (χ3n) is 9.43. The van der Waals surface area contributed by atoms with Crippen molar-refractivity contribution in [1.29, 1.82) is 0 Å². The molecule has 0 saturated heterocycles. The molecule has 6 amide bonds. The van der Waals surface area contributed by atoms with E-state index in [1.54, 1.807) is 86.3 Å². The first kappa shape index (κ1) is 46.9. The summed E-state index contributed by atoms with van der Waals surface area (Å²) in [6.45, 7) is 5.38. The van der Waals surface area contributed by atoms with Crippen LogP contribution in [0.2, 0.25) is 0 Å². The number of ether oxygens (including phenoxy) is 2. The molecule has 0 radical (unpaired) electrons. The molecule has 0 saturated carbocycles. The number of anilines is 6. The van der Waals surface area contributed by atoms with Gasteiger partial charge in [0.05, 0.1) is 40.3 Å². The van der Waals surface area contributed by atoms with E-state index in [9.17, 15) is 39.6 Å².